The summed E-state index contributed by atoms with van der Waals surface area (Å²) in [6.07, 6.45) is 0.181. The zero-order valence-electron chi connectivity index (χ0n) is 11.6. The van der Waals surface area contributed by atoms with Crippen LogP contribution < -0.4 is 4.90 Å². The molecule has 1 saturated heterocycles. The van der Waals surface area contributed by atoms with Crippen LogP contribution in [0.1, 0.15) is 36.2 Å². The summed E-state index contributed by atoms with van der Waals surface area (Å²) >= 11 is 0. The summed E-state index contributed by atoms with van der Waals surface area (Å²) in [4.78, 5) is 25.3. The molecular weight excluding hydrogens is 242 g/mol. The standard InChI is InChI=1S/C15H19NO3/c1-10(2)8-14(17)13-9-12(5-4-11(13)3)16-6-7-19-15(16)18/h4-5,9-10H,6-8H2,1-3H3. The molecule has 1 aliphatic rings. The number of rotatable bonds is 4. The molecule has 4 heteroatoms. The second kappa shape index (κ2) is 5.43. The van der Waals surface area contributed by atoms with Gasteiger partial charge in [-0.15, -0.1) is 0 Å². The number of benzene rings is 1. The topological polar surface area (TPSA) is 46.6 Å². The Morgan fingerprint density at radius 2 is 2.16 bits per heavy atom. The molecule has 0 aromatic heterocycles. The summed E-state index contributed by atoms with van der Waals surface area (Å²) in [7, 11) is 0. The lowest BCUT2D eigenvalue weighted by molar-refractivity contribution is 0.0967. The van der Waals surface area contributed by atoms with E-state index in [1.165, 1.54) is 0 Å². The van der Waals surface area contributed by atoms with Gasteiger partial charge in [0.15, 0.2) is 5.78 Å². The molecule has 1 aliphatic heterocycles. The Balaban J connectivity index is 2.29. The normalized spacial score (nSPS) is 14.9. The highest BCUT2D eigenvalue weighted by Crippen LogP contribution is 2.24. The van der Waals surface area contributed by atoms with Crippen molar-refractivity contribution in [3.05, 3.63) is 29.3 Å². The molecule has 0 radical (unpaired) electrons. The Kier molecular flexibility index (Phi) is 3.88. The third-order valence-corrected chi connectivity index (χ3v) is 3.19. The maximum atomic E-state index is 12.2. The van der Waals surface area contributed by atoms with Gasteiger partial charge >= 0.3 is 6.09 Å². The molecule has 0 N–H and O–H groups in total. The smallest absolute Gasteiger partial charge is 0.414 e. The van der Waals surface area contributed by atoms with E-state index in [1.807, 2.05) is 32.9 Å². The van der Waals surface area contributed by atoms with Gasteiger partial charge < -0.3 is 4.74 Å². The van der Waals surface area contributed by atoms with E-state index in [2.05, 4.69) is 0 Å². The Labute approximate surface area is 113 Å². The zero-order chi connectivity index (χ0) is 14.0. The maximum Gasteiger partial charge on any atom is 0.414 e. The largest absolute Gasteiger partial charge is 0.447 e. The van der Waals surface area contributed by atoms with Crippen LogP contribution in [0.15, 0.2) is 18.2 Å². The van der Waals surface area contributed by atoms with Gasteiger partial charge in [0.1, 0.15) is 6.61 Å². The quantitative estimate of drug-likeness (QED) is 0.782. The number of carbonyl (C=O) groups is 2. The first kappa shape index (κ1) is 13.6. The summed E-state index contributed by atoms with van der Waals surface area (Å²) in [5.41, 5.74) is 2.38. The monoisotopic (exact) mass is 261 g/mol. The van der Waals surface area contributed by atoms with Gasteiger partial charge in [-0.25, -0.2) is 4.79 Å². The van der Waals surface area contributed by atoms with Crippen LogP contribution in [0.5, 0.6) is 0 Å². The zero-order valence-corrected chi connectivity index (χ0v) is 11.6. The molecule has 0 atom stereocenters. The van der Waals surface area contributed by atoms with E-state index >= 15 is 0 Å². The molecule has 0 spiro atoms. The number of carbonyl (C=O) groups excluding carboxylic acids is 2. The van der Waals surface area contributed by atoms with Gasteiger partial charge in [0, 0.05) is 17.7 Å². The lowest BCUT2D eigenvalue weighted by atomic mass is 9.97. The summed E-state index contributed by atoms with van der Waals surface area (Å²) in [5, 5.41) is 0. The lowest BCUT2D eigenvalue weighted by Gasteiger charge is -2.15. The van der Waals surface area contributed by atoms with Crippen molar-refractivity contribution in [2.24, 2.45) is 5.92 Å². The van der Waals surface area contributed by atoms with Crippen LogP contribution >= 0.6 is 0 Å². The minimum Gasteiger partial charge on any atom is -0.447 e. The molecule has 0 bridgehead atoms. The van der Waals surface area contributed by atoms with Crippen molar-refractivity contribution in [2.45, 2.75) is 27.2 Å². The molecule has 102 valence electrons. The van der Waals surface area contributed by atoms with Gasteiger partial charge in [0.25, 0.3) is 0 Å². The lowest BCUT2D eigenvalue weighted by Crippen LogP contribution is -2.23. The number of hydrogen-bond acceptors (Lipinski definition) is 3. The van der Waals surface area contributed by atoms with Crippen LogP contribution in [-0.2, 0) is 4.74 Å². The number of cyclic esters (lactones) is 1. The molecule has 1 heterocycles. The van der Waals surface area contributed by atoms with Crippen LogP contribution in [0.4, 0.5) is 10.5 Å². The first-order chi connectivity index (χ1) is 8.99. The van der Waals surface area contributed by atoms with Gasteiger partial charge in [-0.1, -0.05) is 19.9 Å². The van der Waals surface area contributed by atoms with Crippen LogP contribution in [0.25, 0.3) is 0 Å². The minimum absolute atomic E-state index is 0.127. The highest BCUT2D eigenvalue weighted by Gasteiger charge is 2.24. The first-order valence-electron chi connectivity index (χ1n) is 6.57. The van der Waals surface area contributed by atoms with Crippen LogP contribution in [0, 0.1) is 12.8 Å². The minimum atomic E-state index is -0.342. The Bertz CT molecular complexity index is 508. The second-order valence-electron chi connectivity index (χ2n) is 5.29. The predicted octanol–water partition coefficient (Wildman–Crippen LogP) is 3.18. The maximum absolute atomic E-state index is 12.2. The molecule has 2 rings (SSSR count). The molecule has 4 nitrogen and oxygen atoms in total. The number of amides is 1. The van der Waals surface area contributed by atoms with E-state index in [1.54, 1.807) is 11.0 Å². The number of anilines is 1. The van der Waals surface area contributed by atoms with E-state index in [9.17, 15) is 9.59 Å². The molecule has 0 unspecified atom stereocenters. The SMILES string of the molecule is Cc1ccc(N2CCOC2=O)cc1C(=O)CC(C)C. The van der Waals surface area contributed by atoms with Gasteiger partial charge in [0.2, 0.25) is 0 Å². The fourth-order valence-corrected chi connectivity index (χ4v) is 2.19. The van der Waals surface area contributed by atoms with Gasteiger partial charge in [0.05, 0.1) is 6.54 Å². The fourth-order valence-electron chi connectivity index (χ4n) is 2.19. The van der Waals surface area contributed by atoms with Crippen molar-refractivity contribution < 1.29 is 14.3 Å². The fraction of sp³-hybridized carbons (Fsp3) is 0.467. The van der Waals surface area contributed by atoms with Crippen molar-refractivity contribution in [3.8, 4) is 0 Å². The Morgan fingerprint density at radius 3 is 2.74 bits per heavy atom. The van der Waals surface area contributed by atoms with E-state index in [0.29, 0.717) is 31.1 Å². The average molecular weight is 261 g/mol. The number of aryl methyl sites for hydroxylation is 1. The van der Waals surface area contributed by atoms with E-state index < -0.39 is 0 Å². The van der Waals surface area contributed by atoms with Gasteiger partial charge in [-0.3, -0.25) is 9.69 Å². The second-order valence-corrected chi connectivity index (χ2v) is 5.29. The molecule has 0 aliphatic carbocycles. The van der Waals surface area contributed by atoms with Crippen molar-refractivity contribution >= 4 is 17.6 Å². The molecular formula is C15H19NO3. The van der Waals surface area contributed by atoms with Crippen molar-refractivity contribution in [1.82, 2.24) is 0 Å². The van der Waals surface area contributed by atoms with Crippen molar-refractivity contribution in [1.29, 1.82) is 0 Å². The number of Topliss-reactive ketones (excluding diaryl/α,β-unsaturated/α-hetero) is 1. The highest BCUT2D eigenvalue weighted by atomic mass is 16.6. The van der Waals surface area contributed by atoms with E-state index in [0.717, 1.165) is 11.3 Å². The number of nitrogens with zero attached hydrogens (tertiary/aromatic N) is 1. The van der Waals surface area contributed by atoms with Gasteiger partial charge in [-0.05, 0) is 30.5 Å². The van der Waals surface area contributed by atoms with Crippen molar-refractivity contribution in [2.75, 3.05) is 18.1 Å². The number of hydrogen-bond donors (Lipinski definition) is 0. The van der Waals surface area contributed by atoms with Crippen LogP contribution in [0.3, 0.4) is 0 Å². The molecule has 19 heavy (non-hydrogen) atoms. The van der Waals surface area contributed by atoms with E-state index in [-0.39, 0.29) is 11.9 Å². The first-order valence-corrected chi connectivity index (χ1v) is 6.57. The highest BCUT2D eigenvalue weighted by molar-refractivity contribution is 5.99. The van der Waals surface area contributed by atoms with Gasteiger partial charge in [-0.2, -0.15) is 0 Å². The van der Waals surface area contributed by atoms with Crippen LogP contribution in [-0.4, -0.2) is 25.0 Å². The third kappa shape index (κ3) is 2.95. The van der Waals surface area contributed by atoms with Crippen LogP contribution in [0.2, 0.25) is 0 Å². The molecule has 0 saturated carbocycles. The summed E-state index contributed by atoms with van der Waals surface area (Å²) in [6.45, 7) is 6.91. The predicted molar refractivity (Wildman–Crippen MR) is 73.7 cm³/mol. The number of ether oxygens (including phenoxy) is 1. The summed E-state index contributed by atoms with van der Waals surface area (Å²) in [6, 6.07) is 5.54. The molecule has 1 amide bonds. The molecule has 1 aromatic carbocycles. The third-order valence-electron chi connectivity index (χ3n) is 3.19. The molecule has 1 fully saturated rings. The van der Waals surface area contributed by atoms with E-state index in [4.69, 9.17) is 4.74 Å². The Hall–Kier alpha value is -1.84. The average Bonchev–Trinajstić information content (AvgIpc) is 2.75. The van der Waals surface area contributed by atoms with Crippen molar-refractivity contribution in [3.63, 3.8) is 0 Å². The molecule has 1 aromatic rings. The summed E-state index contributed by atoms with van der Waals surface area (Å²) < 4.78 is 4.92. The summed E-state index contributed by atoms with van der Waals surface area (Å²) in [5.74, 6) is 0.453. The number of ketones is 1. The Morgan fingerprint density at radius 1 is 1.42 bits per heavy atom.